The Balaban J connectivity index is 1.52. The molecule has 6 heteroatoms. The summed E-state index contributed by atoms with van der Waals surface area (Å²) in [4.78, 5) is 13.1. The van der Waals surface area contributed by atoms with Crippen LogP contribution in [-0.4, -0.2) is 31.6 Å². The van der Waals surface area contributed by atoms with Crippen molar-refractivity contribution < 1.29 is 0 Å². The molecule has 4 rings (SSSR count). The minimum atomic E-state index is -0.00142. The van der Waals surface area contributed by atoms with Gasteiger partial charge in [-0.25, -0.2) is 9.97 Å². The summed E-state index contributed by atoms with van der Waals surface area (Å²) in [6.07, 6.45) is 4.95. The van der Waals surface area contributed by atoms with Crippen molar-refractivity contribution in [3.05, 3.63) is 52.6 Å². The molecule has 1 aliphatic rings. The van der Waals surface area contributed by atoms with Gasteiger partial charge in [0, 0.05) is 54.5 Å². The molecule has 5 nitrogen and oxygen atoms in total. The predicted octanol–water partition coefficient (Wildman–Crippen LogP) is 3.78. The summed E-state index contributed by atoms with van der Waals surface area (Å²) < 4.78 is 0. The van der Waals surface area contributed by atoms with Crippen molar-refractivity contribution in [1.29, 1.82) is 0 Å². The molecular formula is C19H23N5S. The molecular weight excluding hydrogens is 330 g/mol. The highest BCUT2D eigenvalue weighted by atomic mass is 32.1. The smallest absolute Gasteiger partial charge is 0.133 e. The third-order valence-corrected chi connectivity index (χ3v) is 5.45. The van der Waals surface area contributed by atoms with Crippen LogP contribution in [0.4, 0.5) is 0 Å². The van der Waals surface area contributed by atoms with Gasteiger partial charge < -0.3 is 0 Å². The molecule has 3 aromatic rings. The van der Waals surface area contributed by atoms with E-state index in [9.17, 15) is 0 Å². The van der Waals surface area contributed by atoms with Gasteiger partial charge in [-0.15, -0.1) is 11.3 Å². The zero-order valence-electron chi connectivity index (χ0n) is 14.9. The number of fused-ring (bicyclic) bond motifs is 1. The van der Waals surface area contributed by atoms with E-state index in [0.717, 1.165) is 37.6 Å². The number of aromatic amines is 1. The Labute approximate surface area is 152 Å². The molecule has 0 atom stereocenters. The van der Waals surface area contributed by atoms with Gasteiger partial charge in [0.05, 0.1) is 16.8 Å². The van der Waals surface area contributed by atoms with Crippen LogP contribution < -0.4 is 0 Å². The summed E-state index contributed by atoms with van der Waals surface area (Å²) in [5, 5.41) is 9.51. The second kappa shape index (κ2) is 6.35. The first-order chi connectivity index (χ1) is 12.0. The number of H-pyrrole nitrogens is 1. The zero-order chi connectivity index (χ0) is 17.4. The van der Waals surface area contributed by atoms with Crippen molar-refractivity contribution in [3.63, 3.8) is 0 Å². The molecule has 0 amide bonds. The molecule has 0 aliphatic carbocycles. The minimum absolute atomic E-state index is 0.00142. The lowest BCUT2D eigenvalue weighted by molar-refractivity contribution is 0.242. The lowest BCUT2D eigenvalue weighted by Gasteiger charge is -2.29. The molecule has 0 bridgehead atoms. The van der Waals surface area contributed by atoms with Crippen molar-refractivity contribution in [2.24, 2.45) is 0 Å². The van der Waals surface area contributed by atoms with Crippen LogP contribution in [0, 0.1) is 0 Å². The fourth-order valence-corrected chi connectivity index (χ4v) is 3.93. The first kappa shape index (κ1) is 16.4. The highest BCUT2D eigenvalue weighted by Crippen LogP contribution is 2.28. The second-order valence-corrected chi connectivity index (χ2v) is 8.57. The third-order valence-electron chi connectivity index (χ3n) is 4.56. The fraction of sp³-hybridized carbons (Fsp3) is 0.421. The summed E-state index contributed by atoms with van der Waals surface area (Å²) in [5.74, 6) is 0.939. The molecule has 0 aromatic carbocycles. The summed E-state index contributed by atoms with van der Waals surface area (Å²) in [7, 11) is 0. The lowest BCUT2D eigenvalue weighted by atomic mass is 9.95. The van der Waals surface area contributed by atoms with Crippen LogP contribution >= 0.6 is 11.3 Å². The average Bonchev–Trinajstić information content (AvgIpc) is 3.24. The maximum Gasteiger partial charge on any atom is 0.133 e. The van der Waals surface area contributed by atoms with Gasteiger partial charge in [0.15, 0.2) is 0 Å². The van der Waals surface area contributed by atoms with Crippen LogP contribution in [0.1, 0.15) is 43.4 Å². The highest BCUT2D eigenvalue weighted by molar-refractivity contribution is 7.13. The summed E-state index contributed by atoms with van der Waals surface area (Å²) in [5.41, 5.74) is 4.85. The number of hydrogen-bond donors (Lipinski definition) is 1. The van der Waals surface area contributed by atoms with Gasteiger partial charge in [-0.1, -0.05) is 26.8 Å². The van der Waals surface area contributed by atoms with E-state index in [4.69, 9.17) is 4.98 Å². The van der Waals surface area contributed by atoms with E-state index in [0.29, 0.717) is 0 Å². The molecule has 0 fully saturated rings. The number of hydrogen-bond acceptors (Lipinski definition) is 5. The van der Waals surface area contributed by atoms with Crippen LogP contribution in [0.3, 0.4) is 0 Å². The molecule has 0 radical (unpaired) electrons. The Morgan fingerprint density at radius 1 is 1.28 bits per heavy atom. The van der Waals surface area contributed by atoms with E-state index in [1.807, 2.05) is 12.4 Å². The predicted molar refractivity (Wildman–Crippen MR) is 100 cm³/mol. The molecule has 0 unspecified atom stereocenters. The number of thiophene rings is 1. The number of nitrogens with zero attached hydrogens (tertiary/aromatic N) is 4. The SMILES string of the molecule is CC(C)(C)c1ncc2c(n1)CCN(Cc1cn[nH]c1-c1cccs1)C2. The average molecular weight is 353 g/mol. The number of rotatable bonds is 3. The topological polar surface area (TPSA) is 57.7 Å². The maximum atomic E-state index is 4.82. The summed E-state index contributed by atoms with van der Waals surface area (Å²) in [6, 6.07) is 4.21. The van der Waals surface area contributed by atoms with E-state index in [1.165, 1.54) is 21.7 Å². The third kappa shape index (κ3) is 3.37. The minimum Gasteiger partial charge on any atom is -0.294 e. The molecule has 1 aliphatic heterocycles. The van der Waals surface area contributed by atoms with Crippen molar-refractivity contribution >= 4 is 11.3 Å². The van der Waals surface area contributed by atoms with Crippen molar-refractivity contribution in [3.8, 4) is 10.6 Å². The molecule has 0 spiro atoms. The van der Waals surface area contributed by atoms with Crippen LogP contribution in [0.5, 0.6) is 0 Å². The molecule has 0 saturated heterocycles. The van der Waals surface area contributed by atoms with E-state index in [-0.39, 0.29) is 5.41 Å². The molecule has 130 valence electrons. The van der Waals surface area contributed by atoms with Gasteiger partial charge in [-0.2, -0.15) is 5.10 Å². The Kier molecular flexibility index (Phi) is 4.17. The zero-order valence-corrected chi connectivity index (χ0v) is 15.7. The lowest BCUT2D eigenvalue weighted by Crippen LogP contribution is -2.32. The van der Waals surface area contributed by atoms with Gasteiger partial charge in [-0.3, -0.25) is 10.00 Å². The Bertz CT molecular complexity index is 860. The fourth-order valence-electron chi connectivity index (χ4n) is 3.18. The van der Waals surface area contributed by atoms with E-state index in [1.54, 1.807) is 11.3 Å². The standard InChI is InChI=1S/C19H23N5S/c1-19(2,3)18-20-9-13-11-24(7-6-15(13)22-18)12-14-10-21-23-17(14)16-5-4-8-25-16/h4-5,8-10H,6-7,11-12H2,1-3H3,(H,21,23). The Morgan fingerprint density at radius 2 is 2.16 bits per heavy atom. The van der Waals surface area contributed by atoms with Crippen LogP contribution in [-0.2, 0) is 24.9 Å². The number of aromatic nitrogens is 4. The van der Waals surface area contributed by atoms with E-state index >= 15 is 0 Å². The van der Waals surface area contributed by atoms with E-state index in [2.05, 4.69) is 58.4 Å². The first-order valence-corrected chi connectivity index (χ1v) is 9.52. The van der Waals surface area contributed by atoms with Gasteiger partial charge in [0.1, 0.15) is 5.82 Å². The first-order valence-electron chi connectivity index (χ1n) is 8.64. The summed E-state index contributed by atoms with van der Waals surface area (Å²) >= 11 is 1.74. The molecule has 0 saturated carbocycles. The maximum absolute atomic E-state index is 4.82. The van der Waals surface area contributed by atoms with Gasteiger partial charge in [0.25, 0.3) is 0 Å². The Hall–Kier alpha value is -2.05. The molecule has 4 heterocycles. The van der Waals surface area contributed by atoms with Crippen LogP contribution in [0.25, 0.3) is 10.6 Å². The molecule has 1 N–H and O–H groups in total. The van der Waals surface area contributed by atoms with Crippen LogP contribution in [0.2, 0.25) is 0 Å². The van der Waals surface area contributed by atoms with Crippen molar-refractivity contribution in [2.45, 2.75) is 45.7 Å². The largest absolute Gasteiger partial charge is 0.294 e. The molecule has 25 heavy (non-hydrogen) atoms. The monoisotopic (exact) mass is 353 g/mol. The van der Waals surface area contributed by atoms with Gasteiger partial charge in [0.2, 0.25) is 0 Å². The normalized spacial score (nSPS) is 15.3. The second-order valence-electron chi connectivity index (χ2n) is 7.62. The van der Waals surface area contributed by atoms with Crippen molar-refractivity contribution in [1.82, 2.24) is 25.1 Å². The highest BCUT2D eigenvalue weighted by Gasteiger charge is 2.23. The molecule has 3 aromatic heterocycles. The van der Waals surface area contributed by atoms with Gasteiger partial charge in [-0.05, 0) is 11.4 Å². The quantitative estimate of drug-likeness (QED) is 0.778. The van der Waals surface area contributed by atoms with Gasteiger partial charge >= 0.3 is 0 Å². The van der Waals surface area contributed by atoms with Crippen LogP contribution in [0.15, 0.2) is 29.9 Å². The van der Waals surface area contributed by atoms with E-state index < -0.39 is 0 Å². The van der Waals surface area contributed by atoms with Crippen molar-refractivity contribution in [2.75, 3.05) is 6.54 Å². The summed E-state index contributed by atoms with van der Waals surface area (Å²) in [6.45, 7) is 9.29. The Morgan fingerprint density at radius 3 is 2.92 bits per heavy atom. The number of nitrogens with one attached hydrogen (secondary N) is 1.